The van der Waals surface area contributed by atoms with Crippen LogP contribution in [-0.4, -0.2) is 24.1 Å². The van der Waals surface area contributed by atoms with Crippen molar-refractivity contribution in [1.29, 1.82) is 0 Å². The van der Waals surface area contributed by atoms with Crippen LogP contribution in [0.1, 0.15) is 18.9 Å². The summed E-state index contributed by atoms with van der Waals surface area (Å²) in [5, 5.41) is 3.26. The van der Waals surface area contributed by atoms with Gasteiger partial charge in [-0.2, -0.15) is 0 Å². The van der Waals surface area contributed by atoms with E-state index in [-0.39, 0.29) is 19.1 Å². The maximum absolute atomic E-state index is 12.1. The van der Waals surface area contributed by atoms with Gasteiger partial charge in [0.1, 0.15) is 17.2 Å². The van der Waals surface area contributed by atoms with Gasteiger partial charge in [0.05, 0.1) is 11.6 Å². The number of carbonyl (C=O) groups excluding carboxylic acids is 1. The number of nitrogens with zero attached hydrogens (tertiary/aromatic N) is 1. The van der Waals surface area contributed by atoms with Crippen LogP contribution in [0.15, 0.2) is 66.9 Å². The van der Waals surface area contributed by atoms with Crippen LogP contribution in [0.3, 0.4) is 0 Å². The molecule has 0 aliphatic carbocycles. The third kappa shape index (κ3) is 6.39. The van der Waals surface area contributed by atoms with Gasteiger partial charge in [0.15, 0.2) is 6.61 Å². The molecule has 2 aromatic carbocycles. The van der Waals surface area contributed by atoms with E-state index in [4.69, 9.17) is 25.8 Å². The van der Waals surface area contributed by atoms with Crippen molar-refractivity contribution in [2.75, 3.05) is 13.2 Å². The third-order valence-corrected chi connectivity index (χ3v) is 4.34. The number of pyridine rings is 1. The summed E-state index contributed by atoms with van der Waals surface area (Å²) in [5.41, 5.74) is 0.745. The number of ether oxygens (including phenoxy) is 3. The first-order valence-corrected chi connectivity index (χ1v) is 10.0. The lowest BCUT2D eigenvalue weighted by molar-refractivity contribution is -0.123. The van der Waals surface area contributed by atoms with Crippen molar-refractivity contribution in [3.05, 3.63) is 77.4 Å². The Balaban J connectivity index is 1.54. The maximum atomic E-state index is 12.1. The summed E-state index contributed by atoms with van der Waals surface area (Å²) < 4.78 is 16.9. The molecular weight excluding hydrogens is 404 g/mol. The number of nitrogens with one attached hydrogen (secondary N) is 1. The Morgan fingerprint density at radius 2 is 1.77 bits per heavy atom. The predicted molar refractivity (Wildman–Crippen MR) is 115 cm³/mol. The van der Waals surface area contributed by atoms with Crippen LogP contribution >= 0.6 is 11.6 Å². The highest BCUT2D eigenvalue weighted by Crippen LogP contribution is 2.25. The monoisotopic (exact) mass is 426 g/mol. The number of para-hydroxylation sites is 1. The van der Waals surface area contributed by atoms with Crippen molar-refractivity contribution >= 4 is 17.5 Å². The Bertz CT molecular complexity index is 963. The minimum Gasteiger partial charge on any atom is -0.494 e. The summed E-state index contributed by atoms with van der Waals surface area (Å²) in [6.07, 6.45) is 2.59. The van der Waals surface area contributed by atoms with Crippen LogP contribution < -0.4 is 19.5 Å². The Hall–Kier alpha value is -3.25. The molecule has 0 spiro atoms. The molecule has 0 saturated heterocycles. The van der Waals surface area contributed by atoms with Crippen molar-refractivity contribution in [2.45, 2.75) is 19.9 Å². The van der Waals surface area contributed by atoms with E-state index in [0.29, 0.717) is 29.0 Å². The summed E-state index contributed by atoms with van der Waals surface area (Å²) in [6.45, 7) is 2.84. The summed E-state index contributed by atoms with van der Waals surface area (Å²) in [7, 11) is 0. The van der Waals surface area contributed by atoms with Crippen LogP contribution in [-0.2, 0) is 11.3 Å². The summed E-state index contributed by atoms with van der Waals surface area (Å²) in [5.74, 6) is 2.03. The molecule has 1 heterocycles. The molecule has 30 heavy (non-hydrogen) atoms. The number of halogens is 1. The minimum absolute atomic E-state index is 0.139. The van der Waals surface area contributed by atoms with Gasteiger partial charge in [-0.25, -0.2) is 4.98 Å². The van der Waals surface area contributed by atoms with Crippen molar-refractivity contribution in [3.8, 4) is 23.1 Å². The molecule has 6 nitrogen and oxygen atoms in total. The number of hydrogen-bond donors (Lipinski definition) is 1. The van der Waals surface area contributed by atoms with Crippen LogP contribution in [0, 0.1) is 0 Å². The molecule has 0 radical (unpaired) electrons. The maximum Gasteiger partial charge on any atom is 0.258 e. The van der Waals surface area contributed by atoms with E-state index in [9.17, 15) is 4.79 Å². The molecular formula is C23H23ClN2O4. The first-order chi connectivity index (χ1) is 14.7. The second-order valence-electron chi connectivity index (χ2n) is 6.39. The molecule has 0 aliphatic rings. The standard InChI is InChI=1S/C23H23ClN2O4/c1-2-14-28-18-9-11-19(12-10-18)30-23-17(6-5-13-25-23)15-26-22(27)16-29-21-8-4-3-7-20(21)24/h3-13H,2,14-16H2,1H3,(H,26,27). The summed E-state index contributed by atoms with van der Waals surface area (Å²) in [4.78, 5) is 16.4. The molecule has 0 bridgehead atoms. The predicted octanol–water partition coefficient (Wildman–Crippen LogP) is 5.01. The fourth-order valence-electron chi connectivity index (χ4n) is 2.54. The van der Waals surface area contributed by atoms with Crippen molar-refractivity contribution in [2.24, 2.45) is 0 Å². The lowest BCUT2D eigenvalue weighted by Crippen LogP contribution is -2.28. The average molecular weight is 427 g/mol. The molecule has 0 saturated carbocycles. The van der Waals surface area contributed by atoms with E-state index in [1.54, 1.807) is 36.5 Å². The molecule has 0 aliphatic heterocycles. The SMILES string of the molecule is CCCOc1ccc(Oc2ncccc2CNC(=O)COc2ccccc2Cl)cc1. The quantitative estimate of drug-likeness (QED) is 0.493. The first kappa shape index (κ1) is 21.5. The first-order valence-electron chi connectivity index (χ1n) is 9.64. The second kappa shape index (κ2) is 11.1. The van der Waals surface area contributed by atoms with Crippen molar-refractivity contribution in [3.63, 3.8) is 0 Å². The van der Waals surface area contributed by atoms with Gasteiger partial charge >= 0.3 is 0 Å². The lowest BCUT2D eigenvalue weighted by atomic mass is 10.2. The Morgan fingerprint density at radius 3 is 2.53 bits per heavy atom. The van der Waals surface area contributed by atoms with E-state index in [1.165, 1.54) is 0 Å². The molecule has 0 atom stereocenters. The normalized spacial score (nSPS) is 10.3. The number of benzene rings is 2. The zero-order valence-corrected chi connectivity index (χ0v) is 17.4. The van der Waals surface area contributed by atoms with Gasteiger partial charge in [0.2, 0.25) is 5.88 Å². The van der Waals surface area contributed by atoms with Crippen LogP contribution in [0.5, 0.6) is 23.1 Å². The number of rotatable bonds is 10. The second-order valence-corrected chi connectivity index (χ2v) is 6.79. The van der Waals surface area contributed by atoms with Gasteiger partial charge in [-0.05, 0) is 48.9 Å². The van der Waals surface area contributed by atoms with Gasteiger partial charge in [-0.15, -0.1) is 0 Å². The molecule has 1 amide bonds. The molecule has 1 N–H and O–H groups in total. The van der Waals surface area contributed by atoms with E-state index in [0.717, 1.165) is 17.7 Å². The summed E-state index contributed by atoms with van der Waals surface area (Å²) in [6, 6.07) is 18.0. The largest absolute Gasteiger partial charge is 0.494 e. The molecule has 0 fully saturated rings. The minimum atomic E-state index is -0.276. The molecule has 0 unspecified atom stereocenters. The lowest BCUT2D eigenvalue weighted by Gasteiger charge is -2.12. The van der Waals surface area contributed by atoms with Crippen LogP contribution in [0.25, 0.3) is 0 Å². The highest BCUT2D eigenvalue weighted by Gasteiger charge is 2.10. The number of amides is 1. The highest BCUT2D eigenvalue weighted by molar-refractivity contribution is 6.32. The van der Waals surface area contributed by atoms with Crippen molar-refractivity contribution in [1.82, 2.24) is 10.3 Å². The zero-order chi connectivity index (χ0) is 21.2. The van der Waals surface area contributed by atoms with E-state index < -0.39 is 0 Å². The molecule has 1 aromatic heterocycles. The van der Waals surface area contributed by atoms with E-state index in [1.807, 2.05) is 30.3 Å². The third-order valence-electron chi connectivity index (χ3n) is 4.03. The van der Waals surface area contributed by atoms with E-state index in [2.05, 4.69) is 17.2 Å². The van der Waals surface area contributed by atoms with Gasteiger partial charge in [-0.1, -0.05) is 36.7 Å². The molecule has 3 rings (SSSR count). The van der Waals surface area contributed by atoms with Gasteiger partial charge in [0.25, 0.3) is 5.91 Å². The average Bonchev–Trinajstić information content (AvgIpc) is 2.77. The zero-order valence-electron chi connectivity index (χ0n) is 16.6. The Kier molecular flexibility index (Phi) is 7.92. The van der Waals surface area contributed by atoms with E-state index >= 15 is 0 Å². The fourth-order valence-corrected chi connectivity index (χ4v) is 2.73. The Labute approximate surface area is 180 Å². The number of aromatic nitrogens is 1. The van der Waals surface area contributed by atoms with Gasteiger partial charge in [-0.3, -0.25) is 4.79 Å². The molecule has 3 aromatic rings. The summed E-state index contributed by atoms with van der Waals surface area (Å²) >= 11 is 6.02. The number of carbonyl (C=O) groups is 1. The molecule has 7 heteroatoms. The number of hydrogen-bond acceptors (Lipinski definition) is 5. The van der Waals surface area contributed by atoms with Crippen LogP contribution in [0.2, 0.25) is 5.02 Å². The topological polar surface area (TPSA) is 69.7 Å². The Morgan fingerprint density at radius 1 is 1.00 bits per heavy atom. The van der Waals surface area contributed by atoms with Crippen molar-refractivity contribution < 1.29 is 19.0 Å². The van der Waals surface area contributed by atoms with Gasteiger partial charge in [0, 0.05) is 18.3 Å². The van der Waals surface area contributed by atoms with Crippen LogP contribution in [0.4, 0.5) is 0 Å². The van der Waals surface area contributed by atoms with Gasteiger partial charge < -0.3 is 19.5 Å². The fraction of sp³-hybridized carbons (Fsp3) is 0.217. The molecule has 156 valence electrons. The smallest absolute Gasteiger partial charge is 0.258 e. The highest BCUT2D eigenvalue weighted by atomic mass is 35.5.